The van der Waals surface area contributed by atoms with Crippen LogP contribution in [0.4, 0.5) is 10.1 Å². The number of hydrogen-bond donors (Lipinski definition) is 1. The first-order valence-corrected chi connectivity index (χ1v) is 6.78. The summed E-state index contributed by atoms with van der Waals surface area (Å²) in [7, 11) is 0. The highest BCUT2D eigenvalue weighted by Gasteiger charge is 2.03. The Labute approximate surface area is 117 Å². The third-order valence-corrected chi connectivity index (χ3v) is 3.49. The van der Waals surface area contributed by atoms with Gasteiger partial charge in [-0.2, -0.15) is 0 Å². The second-order valence-corrected chi connectivity index (χ2v) is 4.96. The van der Waals surface area contributed by atoms with Crippen molar-refractivity contribution in [1.82, 2.24) is 4.57 Å². The third kappa shape index (κ3) is 2.52. The molecule has 102 valence electrons. The second kappa shape index (κ2) is 5.37. The predicted octanol–water partition coefficient (Wildman–Crippen LogP) is 4.20. The molecule has 0 saturated carbocycles. The van der Waals surface area contributed by atoms with E-state index in [1.54, 1.807) is 6.07 Å². The van der Waals surface area contributed by atoms with Crippen LogP contribution in [0.3, 0.4) is 0 Å². The molecule has 0 bridgehead atoms. The summed E-state index contributed by atoms with van der Waals surface area (Å²) in [5.74, 6) is -0.211. The van der Waals surface area contributed by atoms with Crippen molar-refractivity contribution in [2.24, 2.45) is 0 Å². The van der Waals surface area contributed by atoms with E-state index in [1.807, 2.05) is 6.07 Å². The summed E-state index contributed by atoms with van der Waals surface area (Å²) in [6, 6.07) is 14.9. The van der Waals surface area contributed by atoms with E-state index in [0.717, 1.165) is 18.8 Å². The zero-order valence-corrected chi connectivity index (χ0v) is 11.4. The van der Waals surface area contributed by atoms with E-state index < -0.39 is 0 Å². The van der Waals surface area contributed by atoms with E-state index in [4.69, 9.17) is 0 Å². The Morgan fingerprint density at radius 1 is 1.10 bits per heavy atom. The molecule has 0 amide bonds. The SMILES string of the molecule is Cc1cn(CCNc2cccc(F)c2)c2ccccc12. The molecule has 0 radical (unpaired) electrons. The summed E-state index contributed by atoms with van der Waals surface area (Å²) in [5.41, 5.74) is 3.34. The lowest BCUT2D eigenvalue weighted by molar-refractivity contribution is 0.628. The van der Waals surface area contributed by atoms with Crippen LogP contribution in [0.25, 0.3) is 10.9 Å². The number of aromatic nitrogens is 1. The van der Waals surface area contributed by atoms with Gasteiger partial charge in [0, 0.05) is 35.9 Å². The van der Waals surface area contributed by atoms with Crippen LogP contribution in [0.15, 0.2) is 54.7 Å². The van der Waals surface area contributed by atoms with Gasteiger partial charge in [0.15, 0.2) is 0 Å². The largest absolute Gasteiger partial charge is 0.383 e. The summed E-state index contributed by atoms with van der Waals surface area (Å²) >= 11 is 0. The summed E-state index contributed by atoms with van der Waals surface area (Å²) in [4.78, 5) is 0. The number of aryl methyl sites for hydroxylation is 1. The maximum absolute atomic E-state index is 13.1. The van der Waals surface area contributed by atoms with Crippen LogP contribution < -0.4 is 5.32 Å². The summed E-state index contributed by atoms with van der Waals surface area (Å²) in [5, 5.41) is 4.54. The van der Waals surface area contributed by atoms with Crippen LogP contribution in [0.2, 0.25) is 0 Å². The molecule has 1 heterocycles. The van der Waals surface area contributed by atoms with Crippen LogP contribution in [-0.4, -0.2) is 11.1 Å². The lowest BCUT2D eigenvalue weighted by Gasteiger charge is -2.08. The lowest BCUT2D eigenvalue weighted by atomic mass is 10.2. The van der Waals surface area contributed by atoms with Gasteiger partial charge in [0.05, 0.1) is 0 Å². The fourth-order valence-electron chi connectivity index (χ4n) is 2.53. The molecule has 0 saturated heterocycles. The van der Waals surface area contributed by atoms with Crippen LogP contribution >= 0.6 is 0 Å². The van der Waals surface area contributed by atoms with Crippen LogP contribution in [0.5, 0.6) is 0 Å². The maximum atomic E-state index is 13.1. The normalized spacial score (nSPS) is 10.9. The smallest absolute Gasteiger partial charge is 0.125 e. The van der Waals surface area contributed by atoms with E-state index in [0.29, 0.717) is 0 Å². The molecular weight excluding hydrogens is 251 g/mol. The van der Waals surface area contributed by atoms with Gasteiger partial charge >= 0.3 is 0 Å². The average molecular weight is 268 g/mol. The molecule has 3 aromatic rings. The molecule has 0 fully saturated rings. The molecule has 3 rings (SSSR count). The molecule has 0 atom stereocenters. The molecule has 1 N–H and O–H groups in total. The third-order valence-electron chi connectivity index (χ3n) is 3.49. The van der Waals surface area contributed by atoms with Crippen molar-refractivity contribution < 1.29 is 4.39 Å². The Bertz CT molecular complexity index is 731. The minimum atomic E-state index is -0.211. The number of halogens is 1. The first-order valence-electron chi connectivity index (χ1n) is 6.78. The number of hydrogen-bond acceptors (Lipinski definition) is 1. The Morgan fingerprint density at radius 3 is 2.80 bits per heavy atom. The first kappa shape index (κ1) is 12.7. The quantitative estimate of drug-likeness (QED) is 0.750. The lowest BCUT2D eigenvalue weighted by Crippen LogP contribution is -2.09. The average Bonchev–Trinajstić information content (AvgIpc) is 2.77. The van der Waals surface area contributed by atoms with Crippen molar-refractivity contribution in [2.45, 2.75) is 13.5 Å². The van der Waals surface area contributed by atoms with Crippen molar-refractivity contribution in [3.63, 3.8) is 0 Å². The molecule has 0 unspecified atom stereocenters. The Morgan fingerprint density at radius 2 is 1.95 bits per heavy atom. The topological polar surface area (TPSA) is 17.0 Å². The van der Waals surface area contributed by atoms with E-state index in [9.17, 15) is 4.39 Å². The molecule has 0 spiro atoms. The van der Waals surface area contributed by atoms with E-state index >= 15 is 0 Å². The van der Waals surface area contributed by atoms with E-state index in [2.05, 4.69) is 47.3 Å². The molecule has 0 aliphatic rings. The van der Waals surface area contributed by atoms with Gasteiger partial charge in [-0.05, 0) is 36.8 Å². The standard InChI is InChI=1S/C17H17FN2/c1-13-12-20(17-8-3-2-7-16(13)17)10-9-19-15-6-4-5-14(18)11-15/h2-8,11-12,19H,9-10H2,1H3. The molecular formula is C17H17FN2. The van der Waals surface area contributed by atoms with Crippen molar-refractivity contribution in [3.8, 4) is 0 Å². The van der Waals surface area contributed by atoms with E-state index in [1.165, 1.54) is 28.6 Å². The first-order chi connectivity index (χ1) is 9.74. The zero-order chi connectivity index (χ0) is 13.9. The minimum Gasteiger partial charge on any atom is -0.383 e. The summed E-state index contributed by atoms with van der Waals surface area (Å²) in [6.45, 7) is 3.74. The number of rotatable bonds is 4. The molecule has 20 heavy (non-hydrogen) atoms. The number of para-hydroxylation sites is 1. The Kier molecular flexibility index (Phi) is 3.42. The van der Waals surface area contributed by atoms with Gasteiger partial charge < -0.3 is 9.88 Å². The summed E-state index contributed by atoms with van der Waals surface area (Å²) < 4.78 is 15.3. The van der Waals surface area contributed by atoms with Crippen LogP contribution in [0.1, 0.15) is 5.56 Å². The van der Waals surface area contributed by atoms with Gasteiger partial charge in [-0.1, -0.05) is 24.3 Å². The number of anilines is 1. The molecule has 1 aromatic heterocycles. The molecule has 3 heteroatoms. The molecule has 0 aliphatic carbocycles. The Balaban J connectivity index is 1.71. The molecule has 0 aliphatic heterocycles. The minimum absolute atomic E-state index is 0.211. The fourth-order valence-corrected chi connectivity index (χ4v) is 2.53. The van der Waals surface area contributed by atoms with Gasteiger partial charge in [-0.3, -0.25) is 0 Å². The molecule has 2 nitrogen and oxygen atoms in total. The van der Waals surface area contributed by atoms with Crippen LogP contribution in [0, 0.1) is 12.7 Å². The number of fused-ring (bicyclic) bond motifs is 1. The van der Waals surface area contributed by atoms with Gasteiger partial charge in [0.25, 0.3) is 0 Å². The summed E-state index contributed by atoms with van der Waals surface area (Å²) in [6.07, 6.45) is 2.16. The van der Waals surface area contributed by atoms with Crippen molar-refractivity contribution in [2.75, 3.05) is 11.9 Å². The van der Waals surface area contributed by atoms with Gasteiger partial charge in [-0.25, -0.2) is 4.39 Å². The van der Waals surface area contributed by atoms with Crippen molar-refractivity contribution in [3.05, 3.63) is 66.1 Å². The highest BCUT2D eigenvalue weighted by molar-refractivity contribution is 5.83. The maximum Gasteiger partial charge on any atom is 0.125 e. The highest BCUT2D eigenvalue weighted by atomic mass is 19.1. The predicted molar refractivity (Wildman–Crippen MR) is 81.6 cm³/mol. The number of benzene rings is 2. The Hall–Kier alpha value is -2.29. The number of nitrogens with zero attached hydrogens (tertiary/aromatic N) is 1. The fraction of sp³-hybridized carbons (Fsp3) is 0.176. The van der Waals surface area contributed by atoms with Crippen LogP contribution in [-0.2, 0) is 6.54 Å². The van der Waals surface area contributed by atoms with Crippen molar-refractivity contribution >= 4 is 16.6 Å². The molecule has 2 aromatic carbocycles. The monoisotopic (exact) mass is 268 g/mol. The van der Waals surface area contributed by atoms with E-state index in [-0.39, 0.29) is 5.82 Å². The van der Waals surface area contributed by atoms with Gasteiger partial charge in [0.1, 0.15) is 5.82 Å². The second-order valence-electron chi connectivity index (χ2n) is 4.96. The van der Waals surface area contributed by atoms with Gasteiger partial charge in [-0.15, -0.1) is 0 Å². The van der Waals surface area contributed by atoms with Crippen molar-refractivity contribution in [1.29, 1.82) is 0 Å². The zero-order valence-electron chi connectivity index (χ0n) is 11.4. The highest BCUT2D eigenvalue weighted by Crippen LogP contribution is 2.20. The number of nitrogens with one attached hydrogen (secondary N) is 1. The van der Waals surface area contributed by atoms with Gasteiger partial charge in [0.2, 0.25) is 0 Å².